The molecule has 2 aromatic rings. The van der Waals surface area contributed by atoms with Crippen LogP contribution in [0.15, 0.2) is 48.0 Å². The quantitative estimate of drug-likeness (QED) is 0.193. The number of carbonyl (C=O) groups excluding carboxylic acids is 2. The van der Waals surface area contributed by atoms with Gasteiger partial charge in [0.2, 0.25) is 0 Å². The molecule has 0 saturated carbocycles. The summed E-state index contributed by atoms with van der Waals surface area (Å²) in [6, 6.07) is 11.8. The number of aliphatic hydroxyl groups excluding tert-OH is 1. The number of likely N-dealkylation sites (tertiary alicyclic amines) is 1. The number of ether oxygens (including phenoxy) is 4. The van der Waals surface area contributed by atoms with Gasteiger partial charge in [0.1, 0.15) is 24.7 Å². The van der Waals surface area contributed by atoms with E-state index in [2.05, 4.69) is 11.8 Å². The molecule has 9 heteroatoms. The normalized spacial score (nSPS) is 20.6. The van der Waals surface area contributed by atoms with E-state index < -0.39 is 17.7 Å². The molecular weight excluding hydrogens is 512 g/mol. The van der Waals surface area contributed by atoms with Gasteiger partial charge in [0.25, 0.3) is 11.7 Å². The zero-order valence-corrected chi connectivity index (χ0v) is 23.1. The van der Waals surface area contributed by atoms with E-state index in [1.54, 1.807) is 23.1 Å². The summed E-state index contributed by atoms with van der Waals surface area (Å²) in [5.74, 6) is 0.209. The van der Waals surface area contributed by atoms with Crippen LogP contribution in [0.2, 0.25) is 0 Å². The average Bonchev–Trinajstić information content (AvgIpc) is 3.24. The Bertz CT molecular complexity index is 1240. The van der Waals surface area contributed by atoms with Gasteiger partial charge in [-0.1, -0.05) is 31.9 Å². The second kappa shape index (κ2) is 13.2. The lowest BCUT2D eigenvalue weighted by atomic mass is 9.95. The van der Waals surface area contributed by atoms with E-state index in [-0.39, 0.29) is 11.3 Å². The van der Waals surface area contributed by atoms with E-state index in [0.29, 0.717) is 68.8 Å². The number of nitrogens with zero attached hydrogens (tertiary/aromatic N) is 2. The maximum absolute atomic E-state index is 13.5. The van der Waals surface area contributed by atoms with Gasteiger partial charge >= 0.3 is 0 Å². The molecular formula is C31H38N2O7. The molecule has 0 aromatic heterocycles. The van der Waals surface area contributed by atoms with Crippen molar-refractivity contribution in [3.8, 4) is 17.2 Å². The molecule has 1 atom stereocenters. The highest BCUT2D eigenvalue weighted by atomic mass is 16.6. The van der Waals surface area contributed by atoms with Gasteiger partial charge in [0.05, 0.1) is 31.4 Å². The van der Waals surface area contributed by atoms with Gasteiger partial charge < -0.3 is 29.0 Å². The molecule has 3 aliphatic heterocycles. The molecule has 3 aliphatic rings. The fourth-order valence-corrected chi connectivity index (χ4v) is 5.41. The van der Waals surface area contributed by atoms with Crippen LogP contribution >= 0.6 is 0 Å². The summed E-state index contributed by atoms with van der Waals surface area (Å²) < 4.78 is 22.7. The first-order valence-electron chi connectivity index (χ1n) is 14.3. The first-order chi connectivity index (χ1) is 19.6. The second-order valence-electron chi connectivity index (χ2n) is 10.3. The zero-order valence-electron chi connectivity index (χ0n) is 23.1. The fraction of sp³-hybridized carbons (Fsp3) is 0.484. The molecule has 2 saturated heterocycles. The van der Waals surface area contributed by atoms with Crippen LogP contribution in [0.5, 0.6) is 17.2 Å². The van der Waals surface area contributed by atoms with Crippen molar-refractivity contribution >= 4 is 17.4 Å². The van der Waals surface area contributed by atoms with E-state index in [1.165, 1.54) is 0 Å². The van der Waals surface area contributed by atoms with Crippen LogP contribution in [-0.2, 0) is 14.3 Å². The van der Waals surface area contributed by atoms with Gasteiger partial charge in [-0.05, 0) is 48.7 Å². The Morgan fingerprint density at radius 3 is 2.55 bits per heavy atom. The fourth-order valence-electron chi connectivity index (χ4n) is 5.41. The van der Waals surface area contributed by atoms with Crippen molar-refractivity contribution in [2.45, 2.75) is 38.6 Å². The molecule has 5 rings (SSSR count). The SMILES string of the molecule is CCCCCOc1cccc([C@H]2/C(=C(\O)c3ccc4c(c3)OCCO4)C(=O)C(=O)N2CCCN2CCOCC2)c1. The molecule has 0 bridgehead atoms. The predicted octanol–water partition coefficient (Wildman–Crippen LogP) is 4.17. The maximum Gasteiger partial charge on any atom is 0.295 e. The summed E-state index contributed by atoms with van der Waals surface area (Å²) >= 11 is 0. The Balaban J connectivity index is 1.46. The molecule has 214 valence electrons. The topological polar surface area (TPSA) is 97.8 Å². The third-order valence-electron chi connectivity index (χ3n) is 7.52. The second-order valence-corrected chi connectivity index (χ2v) is 10.3. The number of carbonyl (C=O) groups is 2. The highest BCUT2D eigenvalue weighted by molar-refractivity contribution is 6.46. The summed E-state index contributed by atoms with van der Waals surface area (Å²) in [5, 5.41) is 11.5. The number of amides is 1. The number of unbranched alkanes of at least 4 members (excludes halogenated alkanes) is 2. The summed E-state index contributed by atoms with van der Waals surface area (Å²) in [6.07, 6.45) is 3.83. The van der Waals surface area contributed by atoms with E-state index >= 15 is 0 Å². The summed E-state index contributed by atoms with van der Waals surface area (Å²) in [7, 11) is 0. The summed E-state index contributed by atoms with van der Waals surface area (Å²) in [4.78, 5) is 30.8. The van der Waals surface area contributed by atoms with E-state index in [9.17, 15) is 14.7 Å². The lowest BCUT2D eigenvalue weighted by Gasteiger charge is -2.29. The molecule has 0 spiro atoms. The number of rotatable bonds is 11. The Hall–Kier alpha value is -3.56. The standard InChI is InChI=1S/C31H38N2O7/c1-2-3-4-15-38-24-8-5-7-22(20-24)28-27(29(34)23-9-10-25-26(21-23)40-19-18-39-25)30(35)31(36)33(28)12-6-11-32-13-16-37-17-14-32/h5,7-10,20-21,28,34H,2-4,6,11-19H2,1H3/b29-27+/t28-/m0/s1. The van der Waals surface area contributed by atoms with Crippen LogP contribution in [0.1, 0.15) is 49.8 Å². The molecule has 2 aromatic carbocycles. The number of hydrogen-bond acceptors (Lipinski definition) is 8. The van der Waals surface area contributed by atoms with E-state index in [1.807, 2.05) is 24.3 Å². The van der Waals surface area contributed by atoms with Crippen LogP contribution in [0.3, 0.4) is 0 Å². The Kier molecular flexibility index (Phi) is 9.23. The van der Waals surface area contributed by atoms with Crippen molar-refractivity contribution in [1.29, 1.82) is 0 Å². The average molecular weight is 551 g/mol. The number of fused-ring (bicyclic) bond motifs is 1. The van der Waals surface area contributed by atoms with Gasteiger partial charge in [0.15, 0.2) is 11.5 Å². The van der Waals surface area contributed by atoms with Crippen molar-refractivity contribution in [3.63, 3.8) is 0 Å². The molecule has 0 unspecified atom stereocenters. The summed E-state index contributed by atoms with van der Waals surface area (Å²) in [6.45, 7) is 7.86. The molecule has 1 amide bonds. The summed E-state index contributed by atoms with van der Waals surface area (Å²) in [5.41, 5.74) is 1.18. The molecule has 2 fully saturated rings. The largest absolute Gasteiger partial charge is 0.507 e. The Morgan fingerprint density at radius 1 is 0.950 bits per heavy atom. The molecule has 40 heavy (non-hydrogen) atoms. The van der Waals surface area contributed by atoms with Crippen molar-refractivity contribution < 1.29 is 33.6 Å². The molecule has 9 nitrogen and oxygen atoms in total. The highest BCUT2D eigenvalue weighted by Crippen LogP contribution is 2.41. The Labute approximate surface area is 235 Å². The van der Waals surface area contributed by atoms with Crippen LogP contribution in [0.4, 0.5) is 0 Å². The van der Waals surface area contributed by atoms with Gasteiger partial charge in [-0.3, -0.25) is 14.5 Å². The first-order valence-corrected chi connectivity index (χ1v) is 14.3. The van der Waals surface area contributed by atoms with Crippen molar-refractivity contribution in [1.82, 2.24) is 9.80 Å². The third-order valence-corrected chi connectivity index (χ3v) is 7.52. The molecule has 0 aliphatic carbocycles. The number of morpholine rings is 1. The van der Waals surface area contributed by atoms with Gasteiger partial charge in [-0.15, -0.1) is 0 Å². The molecule has 3 heterocycles. The smallest absolute Gasteiger partial charge is 0.295 e. The van der Waals surface area contributed by atoms with E-state index in [0.717, 1.165) is 44.5 Å². The van der Waals surface area contributed by atoms with Crippen LogP contribution in [0.25, 0.3) is 5.76 Å². The number of ketones is 1. The van der Waals surface area contributed by atoms with Crippen LogP contribution < -0.4 is 14.2 Å². The minimum Gasteiger partial charge on any atom is -0.507 e. The molecule has 1 N–H and O–H groups in total. The highest BCUT2D eigenvalue weighted by Gasteiger charge is 2.46. The molecule has 0 radical (unpaired) electrons. The van der Waals surface area contributed by atoms with Crippen molar-refractivity contribution in [3.05, 3.63) is 59.2 Å². The number of Topliss-reactive ketones (excluding diaryl/α,β-unsaturated/α-hetero) is 1. The number of aliphatic hydroxyl groups is 1. The minimum atomic E-state index is -0.739. The van der Waals surface area contributed by atoms with Crippen molar-refractivity contribution in [2.75, 3.05) is 59.2 Å². The van der Waals surface area contributed by atoms with E-state index in [4.69, 9.17) is 18.9 Å². The van der Waals surface area contributed by atoms with Crippen molar-refractivity contribution in [2.24, 2.45) is 0 Å². The maximum atomic E-state index is 13.5. The van der Waals surface area contributed by atoms with Gasteiger partial charge in [0, 0.05) is 31.7 Å². The minimum absolute atomic E-state index is 0.0659. The van der Waals surface area contributed by atoms with Gasteiger partial charge in [-0.25, -0.2) is 0 Å². The third kappa shape index (κ3) is 6.26. The lowest BCUT2D eigenvalue weighted by molar-refractivity contribution is -0.140. The monoisotopic (exact) mass is 550 g/mol. The number of benzene rings is 2. The lowest BCUT2D eigenvalue weighted by Crippen LogP contribution is -2.38. The predicted molar refractivity (Wildman–Crippen MR) is 150 cm³/mol. The first kappa shape index (κ1) is 28.0. The van der Waals surface area contributed by atoms with Crippen LogP contribution in [-0.4, -0.2) is 85.8 Å². The van der Waals surface area contributed by atoms with Crippen LogP contribution in [0, 0.1) is 0 Å². The van der Waals surface area contributed by atoms with Gasteiger partial charge in [-0.2, -0.15) is 0 Å². The zero-order chi connectivity index (χ0) is 27.9. The number of hydrogen-bond donors (Lipinski definition) is 1. The Morgan fingerprint density at radius 2 is 1.75 bits per heavy atom.